The zero-order valence-electron chi connectivity index (χ0n) is 15.1. The van der Waals surface area contributed by atoms with Gasteiger partial charge in [0.25, 0.3) is 0 Å². The maximum absolute atomic E-state index is 11.2. The van der Waals surface area contributed by atoms with Gasteiger partial charge < -0.3 is 15.3 Å². The Kier molecular flexibility index (Phi) is 4.10. The third-order valence-corrected chi connectivity index (χ3v) is 8.60. The van der Waals surface area contributed by atoms with Gasteiger partial charge in [0.1, 0.15) is 5.60 Å². The van der Waals surface area contributed by atoms with Crippen LogP contribution in [0.15, 0.2) is 11.6 Å². The summed E-state index contributed by atoms with van der Waals surface area (Å²) in [6.45, 7) is 4.47. The molecule has 0 aromatic carbocycles. The molecule has 138 valence electrons. The predicted molar refractivity (Wildman–Crippen MR) is 97.7 cm³/mol. The van der Waals surface area contributed by atoms with Crippen molar-refractivity contribution in [1.29, 1.82) is 0 Å². The number of halogens is 1. The molecule has 0 radical (unpaired) electrons. The number of hydrogen-bond acceptors (Lipinski definition) is 3. The van der Waals surface area contributed by atoms with Gasteiger partial charge in [-0.05, 0) is 79.7 Å². The SMILES string of the molecule is C[C@]12CC[C@@H](O)CC1=C[C@H](O)[C@@H]1[C@@H]2CC[C@@]2(C)[C@H]1CC[C@@]2(O)C#CCl. The van der Waals surface area contributed by atoms with Crippen LogP contribution in [-0.2, 0) is 0 Å². The van der Waals surface area contributed by atoms with Gasteiger partial charge >= 0.3 is 0 Å². The van der Waals surface area contributed by atoms with Crippen LogP contribution in [0, 0.1) is 39.9 Å². The van der Waals surface area contributed by atoms with Gasteiger partial charge in [-0.3, -0.25) is 0 Å². The lowest BCUT2D eigenvalue weighted by Crippen LogP contribution is -2.57. The summed E-state index contributed by atoms with van der Waals surface area (Å²) in [5.74, 6) is 3.72. The molecule has 4 rings (SSSR count). The second-order valence-corrected chi connectivity index (χ2v) is 9.55. The molecule has 4 aliphatic carbocycles. The highest BCUT2D eigenvalue weighted by molar-refractivity contribution is 6.30. The van der Waals surface area contributed by atoms with Gasteiger partial charge in [0.2, 0.25) is 0 Å². The van der Waals surface area contributed by atoms with Crippen LogP contribution in [0.5, 0.6) is 0 Å². The molecule has 0 spiro atoms. The molecule has 0 saturated heterocycles. The van der Waals surface area contributed by atoms with Crippen molar-refractivity contribution in [3.05, 3.63) is 11.6 Å². The highest BCUT2D eigenvalue weighted by Crippen LogP contribution is 2.67. The molecule has 25 heavy (non-hydrogen) atoms. The first-order chi connectivity index (χ1) is 11.7. The normalized spacial score (nSPS) is 54.5. The summed E-state index contributed by atoms with van der Waals surface area (Å²) >= 11 is 5.65. The third-order valence-electron chi connectivity index (χ3n) is 8.51. The summed E-state index contributed by atoms with van der Waals surface area (Å²) in [5.41, 5.74) is -0.0361. The number of hydrogen-bond donors (Lipinski definition) is 3. The van der Waals surface area contributed by atoms with Crippen molar-refractivity contribution < 1.29 is 15.3 Å². The summed E-state index contributed by atoms with van der Waals surface area (Å²) in [7, 11) is 0. The number of aliphatic hydroxyl groups is 3. The largest absolute Gasteiger partial charge is 0.393 e. The highest BCUT2D eigenvalue weighted by atomic mass is 35.5. The van der Waals surface area contributed by atoms with Gasteiger partial charge in [0.05, 0.1) is 12.2 Å². The first kappa shape index (κ1) is 17.9. The van der Waals surface area contributed by atoms with Crippen LogP contribution >= 0.6 is 11.6 Å². The zero-order valence-corrected chi connectivity index (χ0v) is 15.9. The van der Waals surface area contributed by atoms with Gasteiger partial charge in [-0.25, -0.2) is 0 Å². The molecule has 0 aliphatic heterocycles. The number of rotatable bonds is 0. The van der Waals surface area contributed by atoms with E-state index in [1.165, 1.54) is 5.57 Å². The van der Waals surface area contributed by atoms with Crippen LogP contribution in [0.1, 0.15) is 58.8 Å². The summed E-state index contributed by atoms with van der Waals surface area (Å²) in [6, 6.07) is 0. The lowest BCUT2D eigenvalue weighted by Gasteiger charge is -2.59. The van der Waals surface area contributed by atoms with Crippen molar-refractivity contribution in [3.8, 4) is 11.3 Å². The molecule has 0 unspecified atom stereocenters. The van der Waals surface area contributed by atoms with E-state index in [1.54, 1.807) is 0 Å². The molecule has 0 aromatic rings. The quantitative estimate of drug-likeness (QED) is 0.457. The minimum atomic E-state index is -1.04. The van der Waals surface area contributed by atoms with E-state index < -0.39 is 11.7 Å². The maximum atomic E-state index is 11.2. The molecular weight excluding hydrogens is 336 g/mol. The molecule has 0 bridgehead atoms. The van der Waals surface area contributed by atoms with Crippen LogP contribution in [-0.4, -0.2) is 33.1 Å². The van der Waals surface area contributed by atoms with Gasteiger partial charge in [0, 0.05) is 10.8 Å². The summed E-state index contributed by atoms with van der Waals surface area (Å²) < 4.78 is 0. The zero-order chi connectivity index (χ0) is 18.0. The average Bonchev–Trinajstić information content (AvgIpc) is 2.81. The molecule has 3 nitrogen and oxygen atoms in total. The van der Waals surface area contributed by atoms with Crippen molar-refractivity contribution in [2.24, 2.45) is 28.6 Å². The van der Waals surface area contributed by atoms with Crippen LogP contribution in [0.4, 0.5) is 0 Å². The van der Waals surface area contributed by atoms with Gasteiger partial charge in [0.15, 0.2) is 0 Å². The summed E-state index contributed by atoms with van der Waals surface area (Å²) in [6.07, 6.45) is 7.22. The van der Waals surface area contributed by atoms with Gasteiger partial charge in [-0.1, -0.05) is 31.4 Å². The fourth-order valence-electron chi connectivity index (χ4n) is 6.93. The van der Waals surface area contributed by atoms with Crippen LogP contribution in [0.3, 0.4) is 0 Å². The molecule has 3 fully saturated rings. The van der Waals surface area contributed by atoms with Crippen LogP contribution in [0.2, 0.25) is 0 Å². The molecule has 0 amide bonds. The fourth-order valence-corrected chi connectivity index (χ4v) is 7.09. The molecular formula is C21H29ClO3. The lowest BCUT2D eigenvalue weighted by molar-refractivity contribution is -0.123. The Bertz CT molecular complexity index is 664. The summed E-state index contributed by atoms with van der Waals surface area (Å²) in [4.78, 5) is 0. The van der Waals surface area contributed by atoms with Crippen molar-refractivity contribution in [2.75, 3.05) is 0 Å². The fraction of sp³-hybridized carbons (Fsp3) is 0.810. The van der Waals surface area contributed by atoms with E-state index in [-0.39, 0.29) is 28.8 Å². The van der Waals surface area contributed by atoms with E-state index in [0.29, 0.717) is 18.8 Å². The van der Waals surface area contributed by atoms with Gasteiger partial charge in [-0.2, -0.15) is 0 Å². The second kappa shape index (κ2) is 5.73. The van der Waals surface area contributed by atoms with Crippen molar-refractivity contribution >= 4 is 11.6 Å². The van der Waals surface area contributed by atoms with E-state index in [4.69, 9.17) is 11.6 Å². The monoisotopic (exact) mass is 364 g/mol. The molecule has 4 heteroatoms. The van der Waals surface area contributed by atoms with Crippen LogP contribution in [0.25, 0.3) is 0 Å². The second-order valence-electron chi connectivity index (χ2n) is 9.36. The molecule has 3 N–H and O–H groups in total. The Balaban J connectivity index is 1.74. The smallest absolute Gasteiger partial charge is 0.132 e. The Labute approximate surface area is 155 Å². The van der Waals surface area contributed by atoms with Crippen molar-refractivity contribution in [2.45, 2.75) is 76.6 Å². The minimum absolute atomic E-state index is 0.0727. The minimum Gasteiger partial charge on any atom is -0.393 e. The molecule has 0 aromatic heterocycles. The Morgan fingerprint density at radius 1 is 1.08 bits per heavy atom. The van der Waals surface area contributed by atoms with Gasteiger partial charge in [-0.15, -0.1) is 0 Å². The lowest BCUT2D eigenvalue weighted by atomic mass is 9.46. The van der Waals surface area contributed by atoms with E-state index >= 15 is 0 Å². The molecule has 4 aliphatic rings. The maximum Gasteiger partial charge on any atom is 0.132 e. The van der Waals surface area contributed by atoms with Crippen molar-refractivity contribution in [1.82, 2.24) is 0 Å². The first-order valence-corrected chi connectivity index (χ1v) is 10.1. The van der Waals surface area contributed by atoms with E-state index in [0.717, 1.165) is 32.1 Å². The van der Waals surface area contributed by atoms with E-state index in [9.17, 15) is 15.3 Å². The standard InChI is InChI=1S/C21H29ClO3/c1-19-6-3-14(23)11-13(19)12-17(24)18-15(19)4-7-20(2)16(18)5-8-21(20,25)9-10-22/h12,14-18,23-25H,3-8,11H2,1-2H3/t14-,15+,16+,17+,18-,19+,20+,21-/m1/s1. The Morgan fingerprint density at radius 3 is 2.52 bits per heavy atom. The van der Waals surface area contributed by atoms with Crippen molar-refractivity contribution in [3.63, 3.8) is 0 Å². The average molecular weight is 365 g/mol. The number of fused-ring (bicyclic) bond motifs is 5. The van der Waals surface area contributed by atoms with Crippen LogP contribution < -0.4 is 0 Å². The predicted octanol–water partition coefficient (Wildman–Crippen LogP) is 3.21. The topological polar surface area (TPSA) is 60.7 Å². The molecule has 8 atom stereocenters. The Hall–Kier alpha value is -0.530. The highest BCUT2D eigenvalue weighted by Gasteiger charge is 2.65. The summed E-state index contributed by atoms with van der Waals surface area (Å²) in [5, 5.41) is 34.7. The molecule has 0 heterocycles. The molecule has 3 saturated carbocycles. The van der Waals surface area contributed by atoms with E-state index in [1.807, 2.05) is 6.08 Å². The Morgan fingerprint density at radius 2 is 1.80 bits per heavy atom. The first-order valence-electron chi connectivity index (χ1n) is 9.68. The third kappa shape index (κ3) is 2.31. The van der Waals surface area contributed by atoms with E-state index in [2.05, 4.69) is 25.1 Å². The number of aliphatic hydroxyl groups excluding tert-OH is 2.